The van der Waals surface area contributed by atoms with Gasteiger partial charge < -0.3 is 19.4 Å². The normalized spacial score (nSPS) is 13.8. The van der Waals surface area contributed by atoms with Crippen LogP contribution in [-0.2, 0) is 13.7 Å². The van der Waals surface area contributed by atoms with Gasteiger partial charge >= 0.3 is 0 Å². The van der Waals surface area contributed by atoms with Crippen LogP contribution in [0.15, 0.2) is 45.4 Å². The Bertz CT molecular complexity index is 1140. The number of carbonyl (C=O) groups excluding carboxylic acids is 2. The van der Waals surface area contributed by atoms with Crippen molar-refractivity contribution < 1.29 is 18.7 Å². The average Bonchev–Trinajstić information content (AvgIpc) is 3.40. The Labute approximate surface area is 198 Å². The van der Waals surface area contributed by atoms with Gasteiger partial charge in [0.05, 0.1) is 16.9 Å². The molecule has 2 amide bonds. The summed E-state index contributed by atoms with van der Waals surface area (Å²) >= 11 is 9.50. The maximum atomic E-state index is 13.0. The number of halogens is 2. The van der Waals surface area contributed by atoms with E-state index in [4.69, 9.17) is 20.8 Å². The van der Waals surface area contributed by atoms with Crippen LogP contribution in [-0.4, -0.2) is 39.6 Å². The van der Waals surface area contributed by atoms with Crippen LogP contribution in [0.4, 0.5) is 5.69 Å². The molecule has 0 radical (unpaired) electrons. The number of nitrogens with one attached hydrogen (secondary N) is 1. The molecule has 4 rings (SSSR count). The Morgan fingerprint density at radius 3 is 2.75 bits per heavy atom. The highest BCUT2D eigenvalue weighted by Gasteiger charge is 2.25. The van der Waals surface area contributed by atoms with Crippen LogP contribution in [0.1, 0.15) is 46.1 Å². The highest BCUT2D eigenvalue weighted by molar-refractivity contribution is 9.10. The molecular formula is C22H22BrClN4O4. The third-order valence-electron chi connectivity index (χ3n) is 5.18. The monoisotopic (exact) mass is 520 g/mol. The van der Waals surface area contributed by atoms with Crippen molar-refractivity contribution in [3.63, 3.8) is 0 Å². The standard InChI is InChI=1S/C22H22BrClN4O4/c1-27-20(22(30)28-9-3-2-4-10-28)17(12-25-27)26-21(29)19-8-6-15(32-19)13-31-18-7-5-14(23)11-16(18)24/h5-8,11-12H,2-4,9-10,13H2,1H3,(H,26,29). The van der Waals surface area contributed by atoms with Crippen molar-refractivity contribution in [1.29, 1.82) is 0 Å². The van der Waals surface area contributed by atoms with E-state index in [0.29, 0.717) is 41.0 Å². The number of nitrogens with zero attached hydrogens (tertiary/aromatic N) is 3. The molecule has 1 aromatic carbocycles. The lowest BCUT2D eigenvalue weighted by molar-refractivity contribution is 0.0714. The van der Waals surface area contributed by atoms with Crippen LogP contribution < -0.4 is 10.1 Å². The van der Waals surface area contributed by atoms with Gasteiger partial charge in [-0.2, -0.15) is 5.10 Å². The topological polar surface area (TPSA) is 89.6 Å². The quantitative estimate of drug-likeness (QED) is 0.499. The van der Waals surface area contributed by atoms with E-state index in [1.165, 1.54) is 10.9 Å². The minimum atomic E-state index is -0.474. The molecular weight excluding hydrogens is 500 g/mol. The molecule has 1 aliphatic rings. The molecule has 1 saturated heterocycles. The Morgan fingerprint density at radius 1 is 1.22 bits per heavy atom. The lowest BCUT2D eigenvalue weighted by atomic mass is 10.1. The number of benzene rings is 1. The molecule has 0 unspecified atom stereocenters. The van der Waals surface area contributed by atoms with E-state index < -0.39 is 5.91 Å². The van der Waals surface area contributed by atoms with Gasteiger partial charge in [-0.3, -0.25) is 14.3 Å². The minimum Gasteiger partial charge on any atom is -0.484 e. The van der Waals surface area contributed by atoms with E-state index in [1.54, 1.807) is 36.2 Å². The molecule has 32 heavy (non-hydrogen) atoms. The van der Waals surface area contributed by atoms with E-state index in [-0.39, 0.29) is 18.3 Å². The van der Waals surface area contributed by atoms with Crippen molar-refractivity contribution in [2.45, 2.75) is 25.9 Å². The summed E-state index contributed by atoms with van der Waals surface area (Å²) in [5, 5.41) is 7.35. The number of amides is 2. The van der Waals surface area contributed by atoms with Crippen LogP contribution in [0.3, 0.4) is 0 Å². The number of aromatic nitrogens is 2. The highest BCUT2D eigenvalue weighted by Crippen LogP contribution is 2.28. The number of anilines is 1. The largest absolute Gasteiger partial charge is 0.484 e. The molecule has 10 heteroatoms. The van der Waals surface area contributed by atoms with Crippen LogP contribution in [0, 0.1) is 0 Å². The van der Waals surface area contributed by atoms with Gasteiger partial charge in [-0.15, -0.1) is 0 Å². The number of hydrogen-bond donors (Lipinski definition) is 1. The van der Waals surface area contributed by atoms with Crippen molar-refractivity contribution >= 4 is 45.0 Å². The zero-order chi connectivity index (χ0) is 22.7. The van der Waals surface area contributed by atoms with Gasteiger partial charge in [0.2, 0.25) is 0 Å². The molecule has 168 valence electrons. The summed E-state index contributed by atoms with van der Waals surface area (Å²) in [6, 6.07) is 8.50. The molecule has 1 fully saturated rings. The molecule has 0 bridgehead atoms. The molecule has 3 aromatic rings. The summed E-state index contributed by atoms with van der Waals surface area (Å²) < 4.78 is 13.6. The molecule has 3 heterocycles. The first kappa shape index (κ1) is 22.4. The second-order valence-corrected chi connectivity index (χ2v) is 8.79. The molecule has 8 nitrogen and oxygen atoms in total. The number of carbonyl (C=O) groups is 2. The van der Waals surface area contributed by atoms with Gasteiger partial charge in [-0.1, -0.05) is 27.5 Å². The minimum absolute atomic E-state index is 0.103. The molecule has 1 aliphatic heterocycles. The number of hydrogen-bond acceptors (Lipinski definition) is 5. The second kappa shape index (κ2) is 9.79. The lowest BCUT2D eigenvalue weighted by Gasteiger charge is -2.27. The Kier molecular flexibility index (Phi) is 6.86. The van der Waals surface area contributed by atoms with Crippen LogP contribution in [0.25, 0.3) is 0 Å². The predicted octanol–water partition coefficient (Wildman–Crippen LogP) is 4.89. The van der Waals surface area contributed by atoms with Crippen LogP contribution in [0.2, 0.25) is 5.02 Å². The molecule has 0 saturated carbocycles. The fourth-order valence-electron chi connectivity index (χ4n) is 3.53. The zero-order valence-electron chi connectivity index (χ0n) is 17.4. The van der Waals surface area contributed by atoms with Crippen molar-refractivity contribution in [3.8, 4) is 5.75 Å². The van der Waals surface area contributed by atoms with Crippen molar-refractivity contribution in [2.24, 2.45) is 7.05 Å². The molecule has 2 aromatic heterocycles. The first-order valence-electron chi connectivity index (χ1n) is 10.2. The number of rotatable bonds is 6. The average molecular weight is 522 g/mol. The zero-order valence-corrected chi connectivity index (χ0v) is 19.8. The van der Waals surface area contributed by atoms with Gasteiger partial charge in [-0.05, 0) is 49.6 Å². The van der Waals surface area contributed by atoms with Gasteiger partial charge in [0.25, 0.3) is 11.8 Å². The van der Waals surface area contributed by atoms with Crippen LogP contribution in [0.5, 0.6) is 5.75 Å². The summed E-state index contributed by atoms with van der Waals surface area (Å²) in [6.07, 6.45) is 4.55. The SMILES string of the molecule is Cn1ncc(NC(=O)c2ccc(COc3ccc(Br)cc3Cl)o2)c1C(=O)N1CCCCC1. The summed E-state index contributed by atoms with van der Waals surface area (Å²) in [7, 11) is 1.68. The van der Waals surface area contributed by atoms with Crippen molar-refractivity contribution in [3.05, 3.63) is 63.2 Å². The Balaban J connectivity index is 1.42. The summed E-state index contributed by atoms with van der Waals surface area (Å²) in [6.45, 7) is 1.53. The summed E-state index contributed by atoms with van der Waals surface area (Å²) in [5.41, 5.74) is 0.698. The molecule has 0 atom stereocenters. The van der Waals surface area contributed by atoms with E-state index in [1.807, 2.05) is 6.07 Å². The fourth-order valence-corrected chi connectivity index (χ4v) is 4.26. The first-order valence-corrected chi connectivity index (χ1v) is 11.4. The smallest absolute Gasteiger partial charge is 0.291 e. The third-order valence-corrected chi connectivity index (χ3v) is 5.97. The van der Waals surface area contributed by atoms with E-state index in [2.05, 4.69) is 26.3 Å². The van der Waals surface area contributed by atoms with E-state index in [0.717, 1.165) is 23.7 Å². The lowest BCUT2D eigenvalue weighted by Crippen LogP contribution is -2.37. The van der Waals surface area contributed by atoms with Crippen LogP contribution >= 0.6 is 27.5 Å². The van der Waals surface area contributed by atoms with Gasteiger partial charge in [0.1, 0.15) is 23.8 Å². The van der Waals surface area contributed by atoms with Crippen molar-refractivity contribution in [2.75, 3.05) is 18.4 Å². The number of likely N-dealkylation sites (tertiary alicyclic amines) is 1. The Morgan fingerprint density at radius 2 is 2.00 bits per heavy atom. The maximum Gasteiger partial charge on any atom is 0.291 e. The van der Waals surface area contributed by atoms with Gasteiger partial charge in [0, 0.05) is 24.6 Å². The highest BCUT2D eigenvalue weighted by atomic mass is 79.9. The van der Waals surface area contributed by atoms with Crippen molar-refractivity contribution in [1.82, 2.24) is 14.7 Å². The number of ether oxygens (including phenoxy) is 1. The maximum absolute atomic E-state index is 13.0. The van der Waals surface area contributed by atoms with Gasteiger partial charge in [0.15, 0.2) is 5.76 Å². The molecule has 0 spiro atoms. The number of piperidine rings is 1. The van der Waals surface area contributed by atoms with E-state index >= 15 is 0 Å². The first-order chi connectivity index (χ1) is 15.4. The van der Waals surface area contributed by atoms with E-state index in [9.17, 15) is 9.59 Å². The predicted molar refractivity (Wildman–Crippen MR) is 123 cm³/mol. The molecule has 0 aliphatic carbocycles. The summed E-state index contributed by atoms with van der Waals surface area (Å²) in [5.74, 6) is 0.461. The fraction of sp³-hybridized carbons (Fsp3) is 0.318. The molecule has 1 N–H and O–H groups in total. The Hall–Kier alpha value is -2.78. The van der Waals surface area contributed by atoms with Gasteiger partial charge in [-0.25, -0.2) is 0 Å². The second-order valence-electron chi connectivity index (χ2n) is 7.47. The summed E-state index contributed by atoms with van der Waals surface area (Å²) in [4.78, 5) is 27.5. The third kappa shape index (κ3) is 4.99. The number of aryl methyl sites for hydroxylation is 1. The number of furan rings is 1.